The summed E-state index contributed by atoms with van der Waals surface area (Å²) < 4.78 is 10.8. The van der Waals surface area contributed by atoms with Gasteiger partial charge in [0.25, 0.3) is 0 Å². The van der Waals surface area contributed by atoms with E-state index in [-0.39, 0.29) is 0 Å². The molecular weight excluding hydrogens is 400 g/mol. The van der Waals surface area contributed by atoms with Crippen LogP contribution in [0.3, 0.4) is 0 Å². The molecule has 0 saturated carbocycles. The molecule has 0 spiro atoms. The molecule has 2 heterocycles. The fraction of sp³-hybridized carbons (Fsp3) is 0.700. The van der Waals surface area contributed by atoms with Crippen LogP contribution in [0.15, 0.2) is 28.0 Å². The van der Waals surface area contributed by atoms with Crippen LogP contribution >= 0.6 is 35.1 Å². The Balaban J connectivity index is 1.33. The van der Waals surface area contributed by atoms with Gasteiger partial charge in [-0.15, -0.1) is 23.5 Å². The summed E-state index contributed by atoms with van der Waals surface area (Å²) in [5.74, 6) is 2.27. The van der Waals surface area contributed by atoms with E-state index in [2.05, 4.69) is 28.0 Å². The van der Waals surface area contributed by atoms with Crippen molar-refractivity contribution in [2.24, 2.45) is 0 Å². The summed E-state index contributed by atoms with van der Waals surface area (Å²) >= 11 is 10.2. The minimum atomic E-state index is 0.879. The van der Waals surface area contributed by atoms with Crippen molar-refractivity contribution in [3.05, 3.63) is 23.2 Å². The fourth-order valence-electron chi connectivity index (χ4n) is 3.28. The molecule has 4 nitrogen and oxygen atoms in total. The van der Waals surface area contributed by atoms with Crippen LogP contribution in [0.2, 0.25) is 5.02 Å². The SMILES string of the molecule is Clc1ccc(SCCCN2CCOCC2)cc1SCCCN1CCOCC1. The number of hydrogen-bond donors (Lipinski definition) is 0. The molecule has 0 atom stereocenters. The molecule has 0 aromatic heterocycles. The second-order valence-electron chi connectivity index (χ2n) is 6.90. The lowest BCUT2D eigenvalue weighted by atomic mass is 10.3. The van der Waals surface area contributed by atoms with Gasteiger partial charge in [-0.3, -0.25) is 9.80 Å². The lowest BCUT2D eigenvalue weighted by Crippen LogP contribution is -2.36. The molecule has 1 aromatic carbocycles. The Hall–Kier alpha value is 0.0500. The average molecular weight is 431 g/mol. The van der Waals surface area contributed by atoms with Crippen LogP contribution in [-0.4, -0.2) is 87.0 Å². The Morgan fingerprint density at radius 2 is 1.37 bits per heavy atom. The first-order valence-electron chi connectivity index (χ1n) is 9.96. The number of nitrogens with zero attached hydrogens (tertiary/aromatic N) is 2. The number of thioether (sulfide) groups is 2. The predicted octanol–water partition coefficient (Wildman–Crippen LogP) is 3.97. The topological polar surface area (TPSA) is 24.9 Å². The van der Waals surface area contributed by atoms with Gasteiger partial charge >= 0.3 is 0 Å². The molecule has 3 rings (SSSR count). The number of morpholine rings is 2. The molecule has 0 N–H and O–H groups in total. The van der Waals surface area contributed by atoms with Crippen LogP contribution in [0, 0.1) is 0 Å². The highest BCUT2D eigenvalue weighted by Gasteiger charge is 2.11. The van der Waals surface area contributed by atoms with Crippen molar-refractivity contribution in [2.45, 2.75) is 22.6 Å². The number of rotatable bonds is 10. The van der Waals surface area contributed by atoms with E-state index in [0.717, 1.165) is 75.7 Å². The fourth-order valence-corrected chi connectivity index (χ4v) is 5.42. The molecule has 0 bridgehead atoms. The molecule has 2 aliphatic heterocycles. The third-order valence-corrected chi connectivity index (χ3v) is 7.54. The molecule has 27 heavy (non-hydrogen) atoms. The zero-order valence-electron chi connectivity index (χ0n) is 16.0. The average Bonchev–Trinajstić information content (AvgIpc) is 2.72. The maximum absolute atomic E-state index is 6.41. The molecular formula is C20H31ClN2O2S2. The van der Waals surface area contributed by atoms with Crippen molar-refractivity contribution in [1.29, 1.82) is 0 Å². The highest BCUT2D eigenvalue weighted by atomic mass is 35.5. The van der Waals surface area contributed by atoms with E-state index in [4.69, 9.17) is 21.1 Å². The Bertz CT molecular complexity index is 553. The maximum atomic E-state index is 6.41. The van der Waals surface area contributed by atoms with E-state index in [9.17, 15) is 0 Å². The Labute approximate surface area is 177 Å². The van der Waals surface area contributed by atoms with E-state index in [1.54, 1.807) is 0 Å². The van der Waals surface area contributed by atoms with Gasteiger partial charge in [-0.1, -0.05) is 11.6 Å². The normalized spacial score (nSPS) is 19.4. The van der Waals surface area contributed by atoms with E-state index >= 15 is 0 Å². The molecule has 152 valence electrons. The summed E-state index contributed by atoms with van der Waals surface area (Å²) in [5.41, 5.74) is 0. The van der Waals surface area contributed by atoms with Crippen LogP contribution in [0.4, 0.5) is 0 Å². The first-order chi connectivity index (χ1) is 13.3. The zero-order valence-corrected chi connectivity index (χ0v) is 18.4. The number of ether oxygens (including phenoxy) is 2. The van der Waals surface area contributed by atoms with Gasteiger partial charge in [0.15, 0.2) is 0 Å². The first-order valence-corrected chi connectivity index (χ1v) is 12.3. The molecule has 0 radical (unpaired) electrons. The molecule has 1 aromatic rings. The van der Waals surface area contributed by atoms with Crippen molar-refractivity contribution in [3.63, 3.8) is 0 Å². The van der Waals surface area contributed by atoms with Gasteiger partial charge in [-0.2, -0.15) is 0 Å². The largest absolute Gasteiger partial charge is 0.379 e. The quantitative estimate of drug-likeness (QED) is 0.411. The van der Waals surface area contributed by atoms with Crippen molar-refractivity contribution < 1.29 is 9.47 Å². The molecule has 7 heteroatoms. The monoisotopic (exact) mass is 430 g/mol. The van der Waals surface area contributed by atoms with Gasteiger partial charge in [-0.05, 0) is 55.6 Å². The zero-order chi connectivity index (χ0) is 18.7. The van der Waals surface area contributed by atoms with Gasteiger partial charge in [0, 0.05) is 36.0 Å². The van der Waals surface area contributed by atoms with E-state index < -0.39 is 0 Å². The number of halogens is 1. The highest BCUT2D eigenvalue weighted by molar-refractivity contribution is 8.00. The Morgan fingerprint density at radius 3 is 1.96 bits per heavy atom. The van der Waals surface area contributed by atoms with Crippen LogP contribution in [0.25, 0.3) is 0 Å². The van der Waals surface area contributed by atoms with Crippen LogP contribution in [0.5, 0.6) is 0 Å². The minimum Gasteiger partial charge on any atom is -0.379 e. The van der Waals surface area contributed by atoms with Crippen LogP contribution in [0.1, 0.15) is 12.8 Å². The standard InChI is InChI=1S/C20H31ClN2O2S2/c21-19-4-3-18(26-15-1-5-22-7-11-24-12-8-22)17-20(19)27-16-2-6-23-9-13-25-14-10-23/h3-4,17H,1-2,5-16H2. The lowest BCUT2D eigenvalue weighted by molar-refractivity contribution is 0.0381. The summed E-state index contributed by atoms with van der Waals surface area (Å²) in [6.07, 6.45) is 2.41. The van der Waals surface area contributed by atoms with E-state index in [0.29, 0.717) is 0 Å². The summed E-state index contributed by atoms with van der Waals surface area (Å²) in [6, 6.07) is 6.47. The van der Waals surface area contributed by atoms with Crippen LogP contribution < -0.4 is 0 Å². The summed E-state index contributed by atoms with van der Waals surface area (Å²) in [5, 5.41) is 0.879. The third kappa shape index (κ3) is 8.13. The van der Waals surface area contributed by atoms with Gasteiger partial charge < -0.3 is 9.47 Å². The smallest absolute Gasteiger partial charge is 0.0594 e. The third-order valence-electron chi connectivity index (χ3n) is 4.87. The van der Waals surface area contributed by atoms with E-state index in [1.807, 2.05) is 23.5 Å². The van der Waals surface area contributed by atoms with Crippen molar-refractivity contribution >= 4 is 35.1 Å². The lowest BCUT2D eigenvalue weighted by Gasteiger charge is -2.26. The molecule has 0 amide bonds. The highest BCUT2D eigenvalue weighted by Crippen LogP contribution is 2.32. The number of benzene rings is 1. The van der Waals surface area contributed by atoms with Gasteiger partial charge in [0.1, 0.15) is 0 Å². The summed E-state index contributed by atoms with van der Waals surface area (Å²) in [7, 11) is 0. The second-order valence-corrected chi connectivity index (χ2v) is 9.62. The Kier molecular flexibility index (Phi) is 10.1. The summed E-state index contributed by atoms with van der Waals surface area (Å²) in [4.78, 5) is 7.54. The minimum absolute atomic E-state index is 0.879. The molecule has 2 saturated heterocycles. The predicted molar refractivity (Wildman–Crippen MR) is 117 cm³/mol. The van der Waals surface area contributed by atoms with Gasteiger partial charge in [0.05, 0.1) is 31.5 Å². The molecule has 0 aliphatic carbocycles. The second kappa shape index (κ2) is 12.6. The van der Waals surface area contributed by atoms with Gasteiger partial charge in [0.2, 0.25) is 0 Å². The van der Waals surface area contributed by atoms with Crippen molar-refractivity contribution in [1.82, 2.24) is 9.80 Å². The molecule has 0 unspecified atom stereocenters. The van der Waals surface area contributed by atoms with Gasteiger partial charge in [-0.25, -0.2) is 0 Å². The summed E-state index contributed by atoms with van der Waals surface area (Å²) in [6.45, 7) is 10.2. The first kappa shape index (κ1) is 21.8. The van der Waals surface area contributed by atoms with E-state index in [1.165, 1.54) is 29.2 Å². The number of hydrogen-bond acceptors (Lipinski definition) is 6. The maximum Gasteiger partial charge on any atom is 0.0594 e. The van der Waals surface area contributed by atoms with Crippen molar-refractivity contribution in [3.8, 4) is 0 Å². The Morgan fingerprint density at radius 1 is 0.815 bits per heavy atom. The molecule has 2 aliphatic rings. The van der Waals surface area contributed by atoms with Crippen molar-refractivity contribution in [2.75, 3.05) is 77.2 Å². The molecule has 2 fully saturated rings. The van der Waals surface area contributed by atoms with Crippen LogP contribution in [-0.2, 0) is 9.47 Å².